The van der Waals surface area contributed by atoms with Crippen LogP contribution in [-0.4, -0.2) is 15.5 Å². The predicted octanol–water partition coefficient (Wildman–Crippen LogP) is 2.55. The van der Waals surface area contributed by atoms with Gasteiger partial charge in [0.25, 0.3) is 0 Å². The minimum Gasteiger partial charge on any atom is -0.345 e. The van der Waals surface area contributed by atoms with Gasteiger partial charge in [0.05, 0.1) is 17.6 Å². The van der Waals surface area contributed by atoms with Crippen LogP contribution in [0, 0.1) is 0 Å². The molecule has 0 bridgehead atoms. The van der Waals surface area contributed by atoms with Gasteiger partial charge in [-0.15, -0.1) is 0 Å². The summed E-state index contributed by atoms with van der Waals surface area (Å²) in [6, 6.07) is 7.95. The molecule has 19 heavy (non-hydrogen) atoms. The van der Waals surface area contributed by atoms with Crippen molar-refractivity contribution in [2.75, 3.05) is 0 Å². The van der Waals surface area contributed by atoms with Gasteiger partial charge in [-0.3, -0.25) is 4.79 Å². The molecule has 1 amide bonds. The van der Waals surface area contributed by atoms with E-state index in [2.05, 4.69) is 10.3 Å². The Labute approximate surface area is 113 Å². The lowest BCUT2D eigenvalue weighted by Gasteiger charge is -2.05. The lowest BCUT2D eigenvalue weighted by atomic mass is 10.2. The summed E-state index contributed by atoms with van der Waals surface area (Å²) in [5.41, 5.74) is 2.78. The second kappa shape index (κ2) is 5.69. The Morgan fingerprint density at radius 1 is 1.42 bits per heavy atom. The van der Waals surface area contributed by atoms with Crippen LogP contribution >= 0.6 is 0 Å². The van der Waals surface area contributed by atoms with Crippen LogP contribution in [0.15, 0.2) is 35.9 Å². The average molecular weight is 257 g/mol. The summed E-state index contributed by atoms with van der Waals surface area (Å²) in [6.07, 6.45) is 2.79. The molecule has 0 radical (unpaired) electrons. The molecule has 0 saturated heterocycles. The topological polar surface area (TPSA) is 46.9 Å². The van der Waals surface area contributed by atoms with E-state index in [1.807, 2.05) is 55.8 Å². The summed E-state index contributed by atoms with van der Waals surface area (Å²) < 4.78 is 2.01. The number of nitrogens with one attached hydrogen (secondary N) is 1. The highest BCUT2D eigenvalue weighted by Gasteiger charge is 2.09. The number of amides is 1. The Balaban J connectivity index is 2.12. The first-order valence-electron chi connectivity index (χ1n) is 6.48. The van der Waals surface area contributed by atoms with Gasteiger partial charge in [-0.25, -0.2) is 4.98 Å². The number of aromatic nitrogens is 2. The first-order chi connectivity index (χ1) is 9.13. The summed E-state index contributed by atoms with van der Waals surface area (Å²) >= 11 is 0. The Kier molecular flexibility index (Phi) is 4.00. The number of aryl methyl sites for hydroxylation is 1. The summed E-state index contributed by atoms with van der Waals surface area (Å²) in [4.78, 5) is 16.3. The number of allylic oxidation sites excluding steroid dienone is 1. The van der Waals surface area contributed by atoms with E-state index < -0.39 is 0 Å². The number of carbonyl (C=O) groups is 1. The smallest absolute Gasteiger partial charge is 0.246 e. The van der Waals surface area contributed by atoms with Crippen LogP contribution in [0.25, 0.3) is 11.0 Å². The molecule has 1 aromatic heterocycles. The molecular formula is C15H19N3O. The largest absolute Gasteiger partial charge is 0.345 e. The van der Waals surface area contributed by atoms with E-state index >= 15 is 0 Å². The van der Waals surface area contributed by atoms with E-state index in [-0.39, 0.29) is 5.91 Å². The number of para-hydroxylation sites is 2. The van der Waals surface area contributed by atoms with Crippen molar-refractivity contribution >= 4 is 16.9 Å². The second-order valence-corrected chi connectivity index (χ2v) is 4.55. The van der Waals surface area contributed by atoms with Gasteiger partial charge in [0.2, 0.25) is 5.91 Å². The number of imidazole rings is 1. The third kappa shape index (κ3) is 2.84. The van der Waals surface area contributed by atoms with Gasteiger partial charge in [0.15, 0.2) is 0 Å². The zero-order valence-electron chi connectivity index (χ0n) is 11.6. The van der Waals surface area contributed by atoms with Crippen LogP contribution in [0.4, 0.5) is 0 Å². The maximum Gasteiger partial charge on any atom is 0.246 e. The first kappa shape index (κ1) is 13.3. The number of hydrogen-bond acceptors (Lipinski definition) is 2. The summed E-state index contributed by atoms with van der Waals surface area (Å²) in [6.45, 7) is 4.29. The van der Waals surface area contributed by atoms with E-state index in [4.69, 9.17) is 0 Å². The Bertz CT molecular complexity index is 625. The molecule has 0 aliphatic heterocycles. The molecule has 0 fully saturated rings. The maximum atomic E-state index is 11.8. The van der Waals surface area contributed by atoms with Gasteiger partial charge >= 0.3 is 0 Å². The molecule has 0 atom stereocenters. The Morgan fingerprint density at radius 2 is 2.16 bits per heavy atom. The normalized spacial score (nSPS) is 11.8. The number of benzene rings is 1. The SMILES string of the molecule is CCC=C(C)C(=O)NCc1nc2ccccc2n1C. The van der Waals surface area contributed by atoms with Crippen LogP contribution in [0.3, 0.4) is 0 Å². The molecule has 100 valence electrons. The van der Waals surface area contributed by atoms with Crippen molar-refractivity contribution in [1.82, 2.24) is 14.9 Å². The minimum absolute atomic E-state index is 0.0334. The van der Waals surface area contributed by atoms with Crippen molar-refractivity contribution < 1.29 is 4.79 Å². The van der Waals surface area contributed by atoms with Gasteiger partial charge in [-0.2, -0.15) is 0 Å². The fraction of sp³-hybridized carbons (Fsp3) is 0.333. The van der Waals surface area contributed by atoms with Crippen molar-refractivity contribution in [2.24, 2.45) is 7.05 Å². The number of fused-ring (bicyclic) bond motifs is 1. The van der Waals surface area contributed by atoms with Gasteiger partial charge in [-0.1, -0.05) is 25.1 Å². The van der Waals surface area contributed by atoms with Crippen LogP contribution < -0.4 is 5.32 Å². The fourth-order valence-electron chi connectivity index (χ4n) is 2.05. The predicted molar refractivity (Wildman–Crippen MR) is 76.6 cm³/mol. The van der Waals surface area contributed by atoms with E-state index in [0.29, 0.717) is 6.54 Å². The standard InChI is InChI=1S/C15H19N3O/c1-4-7-11(2)15(19)16-10-14-17-12-8-5-6-9-13(12)18(14)3/h5-9H,4,10H2,1-3H3,(H,16,19). The molecule has 1 heterocycles. The molecule has 0 unspecified atom stereocenters. The van der Waals surface area contributed by atoms with Gasteiger partial charge in [0, 0.05) is 12.6 Å². The molecule has 4 nitrogen and oxygen atoms in total. The highest BCUT2D eigenvalue weighted by atomic mass is 16.1. The van der Waals surface area contributed by atoms with Crippen LogP contribution in [0.1, 0.15) is 26.1 Å². The molecule has 4 heteroatoms. The number of rotatable bonds is 4. The van der Waals surface area contributed by atoms with E-state index in [1.54, 1.807) is 0 Å². The fourth-order valence-corrected chi connectivity index (χ4v) is 2.05. The lowest BCUT2D eigenvalue weighted by Crippen LogP contribution is -2.25. The highest BCUT2D eigenvalue weighted by molar-refractivity contribution is 5.92. The van der Waals surface area contributed by atoms with Crippen molar-refractivity contribution in [3.8, 4) is 0 Å². The molecule has 2 rings (SSSR count). The van der Waals surface area contributed by atoms with Crippen molar-refractivity contribution in [1.29, 1.82) is 0 Å². The minimum atomic E-state index is -0.0334. The Morgan fingerprint density at radius 3 is 2.84 bits per heavy atom. The summed E-state index contributed by atoms with van der Waals surface area (Å²) in [5, 5.41) is 2.89. The van der Waals surface area contributed by atoms with Crippen LogP contribution in [0.2, 0.25) is 0 Å². The second-order valence-electron chi connectivity index (χ2n) is 4.55. The molecule has 0 spiro atoms. The third-order valence-electron chi connectivity index (χ3n) is 3.16. The summed E-state index contributed by atoms with van der Waals surface area (Å²) in [5.74, 6) is 0.827. The van der Waals surface area contributed by atoms with Crippen molar-refractivity contribution in [3.05, 3.63) is 41.7 Å². The van der Waals surface area contributed by atoms with E-state index in [9.17, 15) is 4.79 Å². The molecule has 0 saturated carbocycles. The molecule has 0 aliphatic rings. The highest BCUT2D eigenvalue weighted by Crippen LogP contribution is 2.13. The average Bonchev–Trinajstić information content (AvgIpc) is 2.73. The number of carbonyl (C=O) groups excluding carboxylic acids is 1. The van der Waals surface area contributed by atoms with Gasteiger partial charge in [-0.05, 0) is 25.5 Å². The third-order valence-corrected chi connectivity index (χ3v) is 3.16. The van der Waals surface area contributed by atoms with Gasteiger partial charge in [0.1, 0.15) is 5.82 Å². The maximum absolute atomic E-state index is 11.8. The zero-order valence-corrected chi connectivity index (χ0v) is 11.6. The molecular weight excluding hydrogens is 238 g/mol. The monoisotopic (exact) mass is 257 g/mol. The zero-order chi connectivity index (χ0) is 13.8. The molecule has 1 N–H and O–H groups in total. The summed E-state index contributed by atoms with van der Waals surface area (Å²) in [7, 11) is 1.96. The quantitative estimate of drug-likeness (QED) is 0.856. The lowest BCUT2D eigenvalue weighted by molar-refractivity contribution is -0.117. The number of nitrogens with zero attached hydrogens (tertiary/aromatic N) is 2. The van der Waals surface area contributed by atoms with Gasteiger partial charge < -0.3 is 9.88 Å². The molecule has 1 aromatic carbocycles. The van der Waals surface area contributed by atoms with Crippen LogP contribution in [-0.2, 0) is 18.4 Å². The number of hydrogen-bond donors (Lipinski definition) is 1. The molecule has 2 aromatic rings. The van der Waals surface area contributed by atoms with Crippen molar-refractivity contribution in [3.63, 3.8) is 0 Å². The van der Waals surface area contributed by atoms with E-state index in [0.717, 1.165) is 28.9 Å². The van der Waals surface area contributed by atoms with E-state index in [1.165, 1.54) is 0 Å². The first-order valence-corrected chi connectivity index (χ1v) is 6.48. The Hall–Kier alpha value is -2.10. The van der Waals surface area contributed by atoms with Crippen molar-refractivity contribution in [2.45, 2.75) is 26.8 Å². The van der Waals surface area contributed by atoms with Crippen LogP contribution in [0.5, 0.6) is 0 Å². The molecule has 0 aliphatic carbocycles.